The molecule has 0 aliphatic carbocycles. The second kappa shape index (κ2) is 21.6. The van der Waals surface area contributed by atoms with Gasteiger partial charge in [-0.1, -0.05) is 28.5 Å². The Kier molecular flexibility index (Phi) is 16.1. The first-order valence-electron chi connectivity index (χ1n) is 19.7. The van der Waals surface area contributed by atoms with E-state index in [-0.39, 0.29) is 12.1 Å². The van der Waals surface area contributed by atoms with Crippen molar-refractivity contribution in [2.45, 2.75) is 78.0 Å². The van der Waals surface area contributed by atoms with E-state index in [2.05, 4.69) is 79.2 Å². The van der Waals surface area contributed by atoms with Crippen LogP contribution in [0.2, 0.25) is 0 Å². The number of nitrogens with zero attached hydrogens (tertiary/aromatic N) is 7. The Morgan fingerprint density at radius 2 is 1.44 bits per heavy atom. The number of rotatable bonds is 10. The van der Waals surface area contributed by atoms with Crippen molar-refractivity contribution < 1.29 is 28.6 Å². The van der Waals surface area contributed by atoms with Gasteiger partial charge in [0.15, 0.2) is 11.6 Å². The molecule has 6 aromatic rings. The van der Waals surface area contributed by atoms with Crippen LogP contribution in [0.1, 0.15) is 58.0 Å². The van der Waals surface area contributed by atoms with Gasteiger partial charge in [0.25, 0.3) is 0 Å². The molecule has 22 heteroatoms. The number of amides is 1. The second-order valence-corrected chi connectivity index (χ2v) is 17.9. The van der Waals surface area contributed by atoms with Crippen LogP contribution in [0.5, 0.6) is 0 Å². The van der Waals surface area contributed by atoms with Gasteiger partial charge in [-0.25, -0.2) is 14.8 Å². The van der Waals surface area contributed by atoms with Crippen LogP contribution in [-0.4, -0.2) is 102 Å². The molecule has 0 radical (unpaired) electrons. The molecular weight excluding hydrogens is 887 g/mol. The van der Waals surface area contributed by atoms with Crippen LogP contribution < -0.4 is 31.4 Å². The number of ether oxygens (including phenoxy) is 1. The normalized spacial score (nSPS) is 14.5. The number of piperidine rings is 2. The number of anilines is 6. The van der Waals surface area contributed by atoms with Gasteiger partial charge < -0.3 is 55.3 Å². The summed E-state index contributed by atoms with van der Waals surface area (Å²) < 4.78 is 16.9. The van der Waals surface area contributed by atoms with Crippen LogP contribution in [0.25, 0.3) is 10.4 Å². The van der Waals surface area contributed by atoms with E-state index >= 15 is 0 Å². The zero-order chi connectivity index (χ0) is 43.4. The van der Waals surface area contributed by atoms with Gasteiger partial charge in [-0.2, -0.15) is 21.3 Å². The Bertz CT molecular complexity index is 2260. The Labute approximate surface area is 370 Å². The van der Waals surface area contributed by atoms with Gasteiger partial charge in [-0.15, -0.1) is 11.3 Å². The predicted octanol–water partition coefficient (Wildman–Crippen LogP) is 6.93. The molecule has 0 saturated carbocycles. The van der Waals surface area contributed by atoms with Crippen molar-refractivity contribution in [3.8, 4) is 10.4 Å². The molecule has 2 aliphatic rings. The topological polar surface area (TPSA) is 234 Å². The number of carbonyl (C=O) groups excluding carboxylic acids is 1. The zero-order valence-electron chi connectivity index (χ0n) is 34.5. The number of hydrogen-bond donors (Lipinski definition) is 7. The lowest BCUT2D eigenvalue weighted by atomic mass is 9.90. The Morgan fingerprint density at radius 1 is 0.869 bits per heavy atom. The van der Waals surface area contributed by atoms with Crippen LogP contribution >= 0.6 is 38.6 Å². The number of hydrogen-bond acceptors (Lipinski definition) is 19. The second-order valence-electron chi connectivity index (χ2n) is 15.2. The molecule has 0 unspecified atom stereocenters. The molecule has 8 heterocycles. The Hall–Kier alpha value is -5.13. The van der Waals surface area contributed by atoms with Crippen LogP contribution in [0.15, 0.2) is 73.1 Å². The molecule has 8 rings (SSSR count). The van der Waals surface area contributed by atoms with Gasteiger partial charge in [-0.3, -0.25) is 0 Å². The van der Waals surface area contributed by atoms with E-state index in [1.165, 1.54) is 11.3 Å². The van der Waals surface area contributed by atoms with Crippen molar-refractivity contribution >= 4 is 91.8 Å². The Morgan fingerprint density at radius 3 is 1.97 bits per heavy atom. The highest BCUT2D eigenvalue weighted by atomic mass is 79.9. The number of likely N-dealkylation sites (tertiary alicyclic amines) is 1. The molecule has 0 bridgehead atoms. The molecule has 1 amide bonds. The summed E-state index contributed by atoms with van der Waals surface area (Å²) >= 11 is 6.50. The van der Waals surface area contributed by atoms with Crippen molar-refractivity contribution in [3.63, 3.8) is 0 Å². The van der Waals surface area contributed by atoms with Gasteiger partial charge >= 0.3 is 13.2 Å². The average Bonchev–Trinajstić information content (AvgIpc) is 4.08. The van der Waals surface area contributed by atoms with Gasteiger partial charge in [0.2, 0.25) is 11.9 Å². The van der Waals surface area contributed by atoms with E-state index in [9.17, 15) is 4.79 Å². The van der Waals surface area contributed by atoms with Gasteiger partial charge in [0, 0.05) is 59.4 Å². The molecule has 2 saturated heterocycles. The maximum atomic E-state index is 12.2. The largest absolute Gasteiger partial charge is 0.499 e. The lowest BCUT2D eigenvalue weighted by Crippen LogP contribution is -2.44. The van der Waals surface area contributed by atoms with Crippen molar-refractivity contribution in [1.82, 2.24) is 40.5 Å². The fourth-order valence-electron chi connectivity index (χ4n) is 6.10. The summed E-state index contributed by atoms with van der Waals surface area (Å²) in [6.07, 6.45) is 7.06. The summed E-state index contributed by atoms with van der Waals surface area (Å²) in [6.45, 7) is 12.6. The third-order valence-corrected chi connectivity index (χ3v) is 11.4. The lowest BCUT2D eigenvalue weighted by molar-refractivity contribution is 0.0210. The van der Waals surface area contributed by atoms with Crippen molar-refractivity contribution in [3.05, 3.63) is 75.5 Å². The third kappa shape index (κ3) is 14.2. The van der Waals surface area contributed by atoms with E-state index in [4.69, 9.17) is 28.8 Å². The number of aryl methyl sites for hydroxylation is 2. The third-order valence-electron chi connectivity index (χ3n) is 9.02. The quantitative estimate of drug-likeness (QED) is 0.0690. The van der Waals surface area contributed by atoms with E-state index in [0.29, 0.717) is 59.0 Å². The van der Waals surface area contributed by atoms with E-state index in [1.54, 1.807) is 46.0 Å². The lowest BCUT2D eigenvalue weighted by Gasteiger charge is -2.34. The summed E-state index contributed by atoms with van der Waals surface area (Å²) in [4.78, 5) is 33.0. The van der Waals surface area contributed by atoms with Crippen LogP contribution in [0, 0.1) is 13.8 Å². The number of carbonyl (C=O) groups is 1. The number of aromatic nitrogens is 6. The highest BCUT2D eigenvalue weighted by Crippen LogP contribution is 2.32. The molecule has 0 spiro atoms. The molecule has 324 valence electrons. The van der Waals surface area contributed by atoms with Gasteiger partial charge in [-0.05, 0) is 106 Å². The van der Waals surface area contributed by atoms with Gasteiger partial charge in [0.05, 0.1) is 10.0 Å². The maximum absolute atomic E-state index is 12.2. The van der Waals surface area contributed by atoms with E-state index in [1.807, 2.05) is 52.9 Å². The fraction of sp³-hybridized carbons (Fsp3) is 0.410. The number of nitrogens with one attached hydrogen (secondary N) is 5. The summed E-state index contributed by atoms with van der Waals surface area (Å²) in [6, 6.07) is 11.8. The molecule has 6 aromatic heterocycles. The van der Waals surface area contributed by atoms with E-state index < -0.39 is 12.7 Å². The molecule has 0 atom stereocenters. The standard InChI is InChI=1S/C18H25BrN6O3.C17H20N6OS.C4H5BO2S/c1-11-9-14(24-28-11)22-16-20-10-13(19)15(23-16)21-12-5-7-25(8-6-12)17(26)27-18(2,3)4;1-11-9-15(23-24-11)21-17-19-10-13(14-3-2-8-25-14)16(22-17)20-12-4-6-18-7-5-12;6-5(7)4-2-1-3-8-4/h9-10,12H,5-8H2,1-4H3,(H2,20,21,22,23,24);2-3,8-10,12,18H,4-7H2,1H3,(H2,19,20,21,22,23);1-3,6-7H. The fourth-order valence-corrected chi connectivity index (χ4v) is 7.73. The molecule has 61 heavy (non-hydrogen) atoms. The Balaban J connectivity index is 0.000000173. The molecule has 2 aliphatic heterocycles. The number of halogens is 1. The van der Waals surface area contributed by atoms with Gasteiger partial charge in [0.1, 0.15) is 28.8 Å². The summed E-state index contributed by atoms with van der Waals surface area (Å²) in [5.74, 6) is 5.07. The minimum Gasteiger partial charge on any atom is -0.444 e. The first kappa shape index (κ1) is 45.4. The monoisotopic (exact) mass is 936 g/mol. The molecule has 2 fully saturated rings. The molecule has 18 nitrogen and oxygen atoms in total. The van der Waals surface area contributed by atoms with Crippen LogP contribution in [0.4, 0.5) is 40.0 Å². The van der Waals surface area contributed by atoms with Crippen molar-refractivity contribution in [1.29, 1.82) is 0 Å². The summed E-state index contributed by atoms with van der Waals surface area (Å²) in [7, 11) is -1.30. The number of thiophene rings is 2. The average molecular weight is 938 g/mol. The molecular formula is C39H50BBrN12O6S2. The predicted molar refractivity (Wildman–Crippen MR) is 242 cm³/mol. The van der Waals surface area contributed by atoms with Crippen molar-refractivity contribution in [2.24, 2.45) is 0 Å². The SMILES string of the molecule is Cc1cc(Nc2ncc(-c3cccs3)c(NC3CCNCC3)n2)no1.Cc1cc(Nc2ncc(Br)c(NC3CCN(C(=O)OC(C)(C)C)CC3)n2)no1.OB(O)c1cccs1. The molecule has 0 aromatic carbocycles. The first-order chi connectivity index (χ1) is 29.3. The van der Waals surface area contributed by atoms with Crippen LogP contribution in [0.3, 0.4) is 0 Å². The zero-order valence-corrected chi connectivity index (χ0v) is 37.7. The summed E-state index contributed by atoms with van der Waals surface area (Å²) in [5, 5.41) is 45.2. The maximum Gasteiger partial charge on any atom is 0.499 e. The molecule has 7 N–H and O–H groups in total. The van der Waals surface area contributed by atoms with E-state index in [0.717, 1.165) is 65.3 Å². The summed E-state index contributed by atoms with van der Waals surface area (Å²) in [5.41, 5.74) is 0.541. The minimum absolute atomic E-state index is 0.201. The van der Waals surface area contributed by atoms with Crippen LogP contribution in [-0.2, 0) is 4.74 Å². The first-order valence-corrected chi connectivity index (χ1v) is 22.3. The van der Waals surface area contributed by atoms with Crippen molar-refractivity contribution in [2.75, 3.05) is 47.4 Å². The smallest absolute Gasteiger partial charge is 0.444 e. The highest BCUT2D eigenvalue weighted by Gasteiger charge is 2.27. The minimum atomic E-state index is -1.30. The highest BCUT2D eigenvalue weighted by molar-refractivity contribution is 9.10.